The van der Waals surface area contributed by atoms with Crippen molar-refractivity contribution in [3.05, 3.63) is 24.3 Å². The number of thiazole rings is 1. The molecule has 0 saturated heterocycles. The molecule has 0 atom stereocenters. The highest BCUT2D eigenvalue weighted by Gasteiger charge is 2.00. The van der Waals surface area contributed by atoms with Crippen molar-refractivity contribution in [2.24, 2.45) is 16.1 Å². The second kappa shape index (κ2) is 4.28. The van der Waals surface area contributed by atoms with Crippen molar-refractivity contribution in [2.45, 2.75) is 0 Å². The lowest BCUT2D eigenvalue weighted by atomic mass is 10.3. The first-order valence-electron chi connectivity index (χ1n) is 4.07. The molecule has 0 fully saturated rings. The van der Waals surface area contributed by atoms with Gasteiger partial charge in [0.15, 0.2) is 5.11 Å². The quantitative estimate of drug-likeness (QED) is 0.476. The third kappa shape index (κ3) is 2.45. The van der Waals surface area contributed by atoms with Crippen LogP contribution >= 0.6 is 23.6 Å². The highest BCUT2D eigenvalue weighted by molar-refractivity contribution is 7.80. The van der Waals surface area contributed by atoms with Gasteiger partial charge in [0.2, 0.25) is 5.13 Å². The molecule has 0 aliphatic rings. The summed E-state index contributed by atoms with van der Waals surface area (Å²) in [6.07, 6.45) is 0. The Bertz CT molecular complexity index is 485. The van der Waals surface area contributed by atoms with Gasteiger partial charge >= 0.3 is 0 Å². The first kappa shape index (κ1) is 9.94. The zero-order valence-corrected chi connectivity index (χ0v) is 9.18. The summed E-state index contributed by atoms with van der Waals surface area (Å²) in [5.74, 6) is 0. The van der Waals surface area contributed by atoms with E-state index < -0.39 is 0 Å². The Morgan fingerprint density at radius 1 is 1.47 bits per heavy atom. The van der Waals surface area contributed by atoms with Gasteiger partial charge in [0.05, 0.1) is 10.2 Å². The number of aromatic nitrogens is 1. The number of nitrogens with two attached hydrogens (primary N) is 1. The smallest absolute Gasteiger partial charge is 0.232 e. The largest absolute Gasteiger partial charge is 0.375 e. The molecule has 0 unspecified atom stereocenters. The van der Waals surface area contributed by atoms with E-state index in [1.54, 1.807) is 0 Å². The van der Waals surface area contributed by atoms with Crippen molar-refractivity contribution >= 4 is 44.0 Å². The Morgan fingerprint density at radius 3 is 3.00 bits per heavy atom. The van der Waals surface area contributed by atoms with Crippen molar-refractivity contribution in [1.29, 1.82) is 0 Å². The van der Waals surface area contributed by atoms with E-state index in [2.05, 4.69) is 33.0 Å². The van der Waals surface area contributed by atoms with Crippen LogP contribution in [0.15, 0.2) is 34.6 Å². The number of hydrogen-bond acceptors (Lipinski definition) is 5. The van der Waals surface area contributed by atoms with E-state index in [4.69, 9.17) is 5.73 Å². The summed E-state index contributed by atoms with van der Waals surface area (Å²) in [5, 5.41) is 8.08. The lowest BCUT2D eigenvalue weighted by Crippen LogP contribution is -2.23. The SMILES string of the molecule is NC(=S)N/N=N/c1nc2ccccc2s1. The molecule has 5 nitrogen and oxygen atoms in total. The second-order valence-corrected chi connectivity index (χ2v) is 4.09. The van der Waals surface area contributed by atoms with Gasteiger partial charge in [-0.1, -0.05) is 28.7 Å². The third-order valence-corrected chi connectivity index (χ3v) is 2.59. The minimum absolute atomic E-state index is 0.0832. The maximum Gasteiger partial charge on any atom is 0.232 e. The molecular weight excluding hydrogens is 230 g/mol. The van der Waals surface area contributed by atoms with E-state index in [0.29, 0.717) is 5.13 Å². The average molecular weight is 237 g/mol. The number of rotatable bonds is 2. The second-order valence-electron chi connectivity index (χ2n) is 2.64. The van der Waals surface area contributed by atoms with Gasteiger partial charge in [0.1, 0.15) is 0 Å². The zero-order valence-electron chi connectivity index (χ0n) is 7.54. The lowest BCUT2D eigenvalue weighted by molar-refractivity contribution is 0.919. The van der Waals surface area contributed by atoms with Crippen LogP contribution in [0.5, 0.6) is 0 Å². The maximum absolute atomic E-state index is 5.18. The van der Waals surface area contributed by atoms with Crippen LogP contribution in [-0.2, 0) is 0 Å². The molecule has 3 N–H and O–H groups in total. The predicted octanol–water partition coefficient (Wildman–Crippen LogP) is 2.13. The highest BCUT2D eigenvalue weighted by atomic mass is 32.1. The van der Waals surface area contributed by atoms with Crippen molar-refractivity contribution < 1.29 is 0 Å². The van der Waals surface area contributed by atoms with E-state index >= 15 is 0 Å². The number of para-hydroxylation sites is 1. The molecule has 0 aliphatic carbocycles. The van der Waals surface area contributed by atoms with Gasteiger partial charge in [0, 0.05) is 0 Å². The van der Waals surface area contributed by atoms with E-state index in [-0.39, 0.29) is 5.11 Å². The van der Waals surface area contributed by atoms with Gasteiger partial charge in [-0.2, -0.15) is 0 Å². The van der Waals surface area contributed by atoms with Crippen LogP contribution < -0.4 is 11.2 Å². The molecule has 0 bridgehead atoms. The minimum atomic E-state index is 0.0832. The number of benzene rings is 1. The number of fused-ring (bicyclic) bond motifs is 1. The first-order valence-corrected chi connectivity index (χ1v) is 5.30. The molecule has 1 aromatic carbocycles. The summed E-state index contributed by atoms with van der Waals surface area (Å²) in [4.78, 5) is 4.24. The molecule has 76 valence electrons. The summed E-state index contributed by atoms with van der Waals surface area (Å²) < 4.78 is 1.07. The van der Waals surface area contributed by atoms with Crippen LogP contribution in [0.25, 0.3) is 10.2 Å². The molecule has 0 spiro atoms. The summed E-state index contributed by atoms with van der Waals surface area (Å²) in [5.41, 5.74) is 8.46. The Morgan fingerprint density at radius 2 is 2.27 bits per heavy atom. The molecular formula is C8H7N5S2. The van der Waals surface area contributed by atoms with Crippen molar-refractivity contribution in [2.75, 3.05) is 0 Å². The molecule has 0 radical (unpaired) electrons. The van der Waals surface area contributed by atoms with Gasteiger partial charge in [-0.05, 0) is 24.4 Å². The van der Waals surface area contributed by atoms with Gasteiger partial charge in [0.25, 0.3) is 0 Å². The summed E-state index contributed by atoms with van der Waals surface area (Å²) >= 11 is 6.02. The van der Waals surface area contributed by atoms with E-state index in [0.717, 1.165) is 10.2 Å². The topological polar surface area (TPSA) is 75.7 Å². The number of nitrogens with zero attached hydrogens (tertiary/aromatic N) is 3. The molecule has 2 aromatic rings. The molecule has 15 heavy (non-hydrogen) atoms. The van der Waals surface area contributed by atoms with E-state index in [1.807, 2.05) is 24.3 Å². The summed E-state index contributed by atoms with van der Waals surface area (Å²) in [6, 6.07) is 7.78. The van der Waals surface area contributed by atoms with E-state index in [1.165, 1.54) is 11.3 Å². The van der Waals surface area contributed by atoms with Gasteiger partial charge in [-0.25, -0.2) is 10.4 Å². The molecule has 7 heteroatoms. The molecule has 2 rings (SSSR count). The molecule has 1 heterocycles. The number of thiocarbonyl (C=S) groups is 1. The van der Waals surface area contributed by atoms with Crippen LogP contribution in [0, 0.1) is 0 Å². The fraction of sp³-hybridized carbons (Fsp3) is 0. The lowest BCUT2D eigenvalue weighted by Gasteiger charge is -1.88. The molecule has 0 amide bonds. The molecule has 0 aliphatic heterocycles. The van der Waals surface area contributed by atoms with Gasteiger partial charge in [-0.3, -0.25) is 0 Å². The predicted molar refractivity (Wildman–Crippen MR) is 64.1 cm³/mol. The zero-order chi connectivity index (χ0) is 10.7. The van der Waals surface area contributed by atoms with Crippen molar-refractivity contribution in [3.8, 4) is 0 Å². The van der Waals surface area contributed by atoms with Crippen molar-refractivity contribution in [3.63, 3.8) is 0 Å². The van der Waals surface area contributed by atoms with E-state index in [9.17, 15) is 0 Å². The Hall–Kier alpha value is -1.60. The standard InChI is InChI=1S/C8H7N5S2/c9-7(14)11-13-12-8-10-5-3-1-2-4-6(5)15-8/h1-4H,(H3,9,10,11,12,14). The van der Waals surface area contributed by atoms with Crippen LogP contribution in [-0.4, -0.2) is 10.1 Å². The van der Waals surface area contributed by atoms with Crippen LogP contribution in [0.3, 0.4) is 0 Å². The average Bonchev–Trinajstić information content (AvgIpc) is 2.59. The van der Waals surface area contributed by atoms with Crippen LogP contribution in [0.1, 0.15) is 0 Å². The van der Waals surface area contributed by atoms with Crippen LogP contribution in [0.4, 0.5) is 5.13 Å². The third-order valence-electron chi connectivity index (χ3n) is 1.58. The Kier molecular flexibility index (Phi) is 2.84. The molecule has 1 aromatic heterocycles. The Balaban J connectivity index is 2.22. The number of nitrogens with one attached hydrogen (secondary N) is 1. The first-order chi connectivity index (χ1) is 7.25. The fourth-order valence-electron chi connectivity index (χ4n) is 1.02. The minimum Gasteiger partial charge on any atom is -0.375 e. The number of hydrogen-bond donors (Lipinski definition) is 2. The summed E-state index contributed by atoms with van der Waals surface area (Å²) in [7, 11) is 0. The maximum atomic E-state index is 5.18. The fourth-order valence-corrected chi connectivity index (χ4v) is 1.85. The highest BCUT2D eigenvalue weighted by Crippen LogP contribution is 2.27. The van der Waals surface area contributed by atoms with Gasteiger partial charge < -0.3 is 5.73 Å². The summed E-state index contributed by atoms with van der Waals surface area (Å²) in [6.45, 7) is 0. The van der Waals surface area contributed by atoms with Crippen molar-refractivity contribution in [1.82, 2.24) is 10.4 Å². The van der Waals surface area contributed by atoms with Crippen LogP contribution in [0.2, 0.25) is 0 Å². The monoisotopic (exact) mass is 237 g/mol. The molecule has 0 saturated carbocycles. The Labute approximate surface area is 95.0 Å². The normalized spacial score (nSPS) is 10.9. The van der Waals surface area contributed by atoms with Gasteiger partial charge in [-0.15, -0.1) is 5.11 Å².